The van der Waals surface area contributed by atoms with Gasteiger partial charge in [-0.05, 0) is 60.7 Å². The van der Waals surface area contributed by atoms with Crippen LogP contribution in [0.2, 0.25) is 0 Å². The van der Waals surface area contributed by atoms with E-state index in [-0.39, 0.29) is 17.9 Å². The molecule has 4 N–H and O–H groups in total. The van der Waals surface area contributed by atoms with Gasteiger partial charge in [0.15, 0.2) is 0 Å². The molecule has 0 saturated carbocycles. The lowest BCUT2D eigenvalue weighted by molar-refractivity contribution is 0.318. The van der Waals surface area contributed by atoms with Gasteiger partial charge in [0.05, 0.1) is 42.2 Å². The van der Waals surface area contributed by atoms with E-state index in [4.69, 9.17) is 19.8 Å². The van der Waals surface area contributed by atoms with Crippen molar-refractivity contribution in [2.75, 3.05) is 25.2 Å². The molecule has 4 aromatic rings. The maximum atomic E-state index is 11.8. The van der Waals surface area contributed by atoms with Gasteiger partial charge in [0.2, 0.25) is 0 Å². The average molecular weight is 614 g/mol. The van der Waals surface area contributed by atoms with Gasteiger partial charge in [0.25, 0.3) is 20.2 Å². The molecule has 0 spiro atoms. The zero-order valence-corrected chi connectivity index (χ0v) is 24.1. The highest BCUT2D eigenvalue weighted by molar-refractivity contribution is 7.86. The van der Waals surface area contributed by atoms with Crippen molar-refractivity contribution in [3.05, 3.63) is 72.3 Å². The maximum absolute atomic E-state index is 11.8. The van der Waals surface area contributed by atoms with Gasteiger partial charge >= 0.3 is 0 Å². The van der Waals surface area contributed by atoms with Crippen LogP contribution in [-0.4, -0.2) is 45.4 Å². The first-order valence-corrected chi connectivity index (χ1v) is 15.4. The van der Waals surface area contributed by atoms with E-state index in [1.807, 2.05) is 0 Å². The Morgan fingerprint density at radius 2 is 1.50 bits per heavy atom. The van der Waals surface area contributed by atoms with E-state index < -0.39 is 26.0 Å². The molecule has 0 aliphatic carbocycles. The normalized spacial score (nSPS) is 12.4. The maximum Gasteiger partial charge on any atom is 0.295 e. The number of hydrogen-bond acceptors (Lipinski definition) is 11. The first kappa shape index (κ1) is 30.5. The first-order valence-electron chi connectivity index (χ1n) is 12.3. The van der Waals surface area contributed by atoms with Gasteiger partial charge in [-0.25, -0.2) is 0 Å². The Hall–Kier alpha value is -4.44. The van der Waals surface area contributed by atoms with Crippen LogP contribution in [0.3, 0.4) is 0 Å². The number of azo groups is 2. The minimum absolute atomic E-state index is 0.0222. The van der Waals surface area contributed by atoms with Gasteiger partial charge in [-0.3, -0.25) is 9.11 Å². The second-order valence-electron chi connectivity index (χ2n) is 9.06. The standard InChI is InChI=1S/C27H27N5O8S2/c1-17-13-22(28)25(40-11-4-12-41(33,34)35)16-24(17)32-31-23-10-9-20(15-26(23)39-2)30-29-19-8-7-18-5-3-6-27(21(18)14-19)42(36,37)38/h3,5-10,13-16H,4,11-12,28H2,1-2H3,(H,33,34,35)(H,36,37,38). The minimum Gasteiger partial charge on any atom is -0.494 e. The molecule has 0 aliphatic heterocycles. The van der Waals surface area contributed by atoms with Crippen molar-refractivity contribution in [1.82, 2.24) is 0 Å². The Bertz CT molecular complexity index is 1910. The Morgan fingerprint density at radius 3 is 2.19 bits per heavy atom. The molecule has 0 aromatic heterocycles. The van der Waals surface area contributed by atoms with Crippen molar-refractivity contribution >= 4 is 59.4 Å². The summed E-state index contributed by atoms with van der Waals surface area (Å²) in [6.07, 6.45) is 0.0797. The summed E-state index contributed by atoms with van der Waals surface area (Å²) in [5.74, 6) is 0.222. The summed E-state index contributed by atoms with van der Waals surface area (Å²) >= 11 is 0. The molecule has 0 fully saturated rings. The fourth-order valence-electron chi connectivity index (χ4n) is 3.91. The summed E-state index contributed by atoms with van der Waals surface area (Å²) in [7, 11) is -7.04. The molecule has 0 unspecified atom stereocenters. The number of fused-ring (bicyclic) bond motifs is 1. The number of hydrogen-bond donors (Lipinski definition) is 3. The molecule has 15 heteroatoms. The SMILES string of the molecule is COc1cc(N=Nc2ccc3cccc(S(=O)(=O)O)c3c2)ccc1N=Nc1cc(OCCCS(=O)(=O)O)c(N)cc1C. The van der Waals surface area contributed by atoms with Crippen LogP contribution in [-0.2, 0) is 20.2 Å². The highest BCUT2D eigenvalue weighted by Crippen LogP contribution is 2.36. The molecule has 4 rings (SSSR count). The predicted octanol–water partition coefficient (Wildman–Crippen LogP) is 6.47. The van der Waals surface area contributed by atoms with E-state index in [2.05, 4.69) is 20.5 Å². The van der Waals surface area contributed by atoms with E-state index >= 15 is 0 Å². The van der Waals surface area contributed by atoms with Crippen LogP contribution in [0.4, 0.5) is 28.4 Å². The van der Waals surface area contributed by atoms with Gasteiger partial charge in [-0.15, -0.1) is 5.11 Å². The monoisotopic (exact) mass is 613 g/mol. The Labute approximate surface area is 242 Å². The molecule has 4 aromatic carbocycles. The Kier molecular flexibility index (Phi) is 9.16. The van der Waals surface area contributed by atoms with Crippen molar-refractivity contribution in [3.8, 4) is 11.5 Å². The summed E-state index contributed by atoms with van der Waals surface area (Å²) in [4.78, 5) is -0.222. The molecule has 42 heavy (non-hydrogen) atoms. The van der Waals surface area contributed by atoms with Gasteiger partial charge in [-0.2, -0.15) is 32.2 Å². The zero-order valence-electron chi connectivity index (χ0n) is 22.5. The predicted molar refractivity (Wildman–Crippen MR) is 157 cm³/mol. The fourth-order valence-corrected chi connectivity index (χ4v) is 5.10. The third-order valence-electron chi connectivity index (χ3n) is 5.95. The number of nitrogen functional groups attached to an aromatic ring is 1. The quantitative estimate of drug-likeness (QED) is 0.0732. The third-order valence-corrected chi connectivity index (χ3v) is 7.66. The van der Waals surface area contributed by atoms with Crippen LogP contribution in [0.5, 0.6) is 11.5 Å². The van der Waals surface area contributed by atoms with Gasteiger partial charge in [0, 0.05) is 17.5 Å². The lowest BCUT2D eigenvalue weighted by Gasteiger charge is -2.11. The third kappa shape index (κ3) is 7.85. The molecule has 0 atom stereocenters. The van der Waals surface area contributed by atoms with E-state index in [0.29, 0.717) is 50.7 Å². The molecule has 13 nitrogen and oxygen atoms in total. The highest BCUT2D eigenvalue weighted by atomic mass is 32.2. The van der Waals surface area contributed by atoms with Crippen LogP contribution < -0.4 is 15.2 Å². The first-order chi connectivity index (χ1) is 19.8. The van der Waals surface area contributed by atoms with Crippen LogP contribution in [0.1, 0.15) is 12.0 Å². The topological polar surface area (TPSA) is 203 Å². The summed E-state index contributed by atoms with van der Waals surface area (Å²) in [5, 5.41) is 17.9. The molecule has 0 saturated heterocycles. The Morgan fingerprint density at radius 1 is 0.810 bits per heavy atom. The molecule has 0 bridgehead atoms. The highest BCUT2D eigenvalue weighted by Gasteiger charge is 2.14. The van der Waals surface area contributed by atoms with E-state index in [1.54, 1.807) is 55.5 Å². The molecular weight excluding hydrogens is 586 g/mol. The van der Waals surface area contributed by atoms with Crippen molar-refractivity contribution < 1.29 is 35.4 Å². The van der Waals surface area contributed by atoms with Crippen LogP contribution >= 0.6 is 0 Å². The number of nitrogens with two attached hydrogens (primary N) is 1. The van der Waals surface area contributed by atoms with Crippen molar-refractivity contribution in [2.45, 2.75) is 18.2 Å². The number of rotatable bonds is 11. The Balaban J connectivity index is 1.53. The molecule has 0 aliphatic rings. The average Bonchev–Trinajstić information content (AvgIpc) is 2.93. The molecule has 0 radical (unpaired) electrons. The van der Waals surface area contributed by atoms with Gasteiger partial charge < -0.3 is 15.2 Å². The van der Waals surface area contributed by atoms with E-state index in [0.717, 1.165) is 5.56 Å². The molecule has 0 amide bonds. The van der Waals surface area contributed by atoms with Crippen LogP contribution in [0.15, 0.2) is 92.1 Å². The second kappa shape index (κ2) is 12.6. The largest absolute Gasteiger partial charge is 0.494 e. The number of ether oxygens (including phenoxy) is 2. The summed E-state index contributed by atoms with van der Waals surface area (Å²) < 4.78 is 74.7. The fraction of sp³-hybridized carbons (Fsp3) is 0.185. The van der Waals surface area contributed by atoms with E-state index in [9.17, 15) is 21.4 Å². The minimum atomic E-state index is -4.42. The molecular formula is C27H27N5O8S2. The van der Waals surface area contributed by atoms with Crippen LogP contribution in [0.25, 0.3) is 10.8 Å². The summed E-state index contributed by atoms with van der Waals surface area (Å²) in [6, 6.07) is 17.5. The zero-order chi connectivity index (χ0) is 30.5. The number of benzene rings is 4. The van der Waals surface area contributed by atoms with Crippen LogP contribution in [0, 0.1) is 6.92 Å². The van der Waals surface area contributed by atoms with Gasteiger partial charge in [0.1, 0.15) is 22.1 Å². The molecule has 0 heterocycles. The smallest absolute Gasteiger partial charge is 0.295 e. The number of aryl methyl sites for hydroxylation is 1. The van der Waals surface area contributed by atoms with E-state index in [1.165, 1.54) is 25.3 Å². The lowest BCUT2D eigenvalue weighted by Crippen LogP contribution is -2.09. The second-order valence-corrected chi connectivity index (χ2v) is 12.0. The van der Waals surface area contributed by atoms with Crippen molar-refractivity contribution in [3.63, 3.8) is 0 Å². The summed E-state index contributed by atoms with van der Waals surface area (Å²) in [5.41, 5.74) is 8.72. The van der Waals surface area contributed by atoms with Gasteiger partial charge in [-0.1, -0.05) is 18.2 Å². The summed E-state index contributed by atoms with van der Waals surface area (Å²) in [6.45, 7) is 1.81. The van der Waals surface area contributed by atoms with Crippen molar-refractivity contribution in [2.24, 2.45) is 20.5 Å². The number of anilines is 1. The van der Waals surface area contributed by atoms with Crippen molar-refractivity contribution in [1.29, 1.82) is 0 Å². The number of nitrogens with zero attached hydrogens (tertiary/aromatic N) is 4. The molecule has 220 valence electrons. The lowest BCUT2D eigenvalue weighted by atomic mass is 10.1. The number of methoxy groups -OCH3 is 1.